The third-order valence-corrected chi connectivity index (χ3v) is 3.20. The molecule has 0 aromatic carbocycles. The normalized spacial score (nSPS) is 18.7. The van der Waals surface area contributed by atoms with Crippen molar-refractivity contribution in [2.75, 3.05) is 46.4 Å². The molecule has 0 spiro atoms. The van der Waals surface area contributed by atoms with E-state index < -0.39 is 0 Å². The van der Waals surface area contributed by atoms with Gasteiger partial charge in [-0.15, -0.1) is 5.10 Å². The monoisotopic (exact) mass is 239 g/mol. The van der Waals surface area contributed by atoms with Gasteiger partial charge >= 0.3 is 0 Å². The van der Waals surface area contributed by atoms with Gasteiger partial charge in [-0.2, -0.15) is 0 Å². The lowest BCUT2D eigenvalue weighted by atomic mass is 10.3. The fourth-order valence-electron chi connectivity index (χ4n) is 1.99. The third kappa shape index (κ3) is 3.76. The molecule has 17 heavy (non-hydrogen) atoms. The molecule has 1 fully saturated rings. The molecule has 0 unspecified atom stereocenters. The van der Waals surface area contributed by atoms with E-state index in [4.69, 9.17) is 5.11 Å². The van der Waals surface area contributed by atoms with Gasteiger partial charge in [0, 0.05) is 51.9 Å². The molecule has 96 valence electrons. The fourth-order valence-corrected chi connectivity index (χ4v) is 1.99. The van der Waals surface area contributed by atoms with E-state index in [1.165, 1.54) is 0 Å². The Kier molecular flexibility index (Phi) is 4.47. The number of aromatic nitrogens is 3. The minimum atomic E-state index is 0.136. The first-order valence-corrected chi connectivity index (χ1v) is 6.18. The van der Waals surface area contributed by atoms with Crippen LogP contribution in [0, 0.1) is 0 Å². The van der Waals surface area contributed by atoms with Crippen molar-refractivity contribution >= 4 is 0 Å². The molecule has 2 rings (SSSR count). The van der Waals surface area contributed by atoms with Crippen LogP contribution >= 0.6 is 0 Å². The summed E-state index contributed by atoms with van der Waals surface area (Å²) in [6, 6.07) is 0. The van der Waals surface area contributed by atoms with E-state index in [0.717, 1.165) is 45.0 Å². The van der Waals surface area contributed by atoms with Gasteiger partial charge in [-0.3, -0.25) is 9.58 Å². The highest BCUT2D eigenvalue weighted by molar-refractivity contribution is 4.92. The van der Waals surface area contributed by atoms with Crippen LogP contribution in [0.15, 0.2) is 6.20 Å². The highest BCUT2D eigenvalue weighted by Gasteiger charge is 2.13. The van der Waals surface area contributed by atoms with Crippen LogP contribution in [0.3, 0.4) is 0 Å². The summed E-state index contributed by atoms with van der Waals surface area (Å²) in [7, 11) is 2.16. The molecule has 2 heterocycles. The van der Waals surface area contributed by atoms with Gasteiger partial charge in [0.05, 0.1) is 12.2 Å². The maximum atomic E-state index is 8.80. The second-order valence-electron chi connectivity index (χ2n) is 4.59. The lowest BCUT2D eigenvalue weighted by molar-refractivity contribution is 0.148. The largest absolute Gasteiger partial charge is 0.396 e. The molecule has 0 aliphatic carbocycles. The Labute approximate surface area is 102 Å². The van der Waals surface area contributed by atoms with Gasteiger partial charge in [0.25, 0.3) is 0 Å². The van der Waals surface area contributed by atoms with Crippen LogP contribution in [0.5, 0.6) is 0 Å². The number of likely N-dealkylation sites (N-methyl/N-ethyl adjacent to an activating group) is 1. The fraction of sp³-hybridized carbons (Fsp3) is 0.818. The molecule has 0 saturated carbocycles. The van der Waals surface area contributed by atoms with E-state index in [1.807, 2.05) is 10.9 Å². The first-order valence-electron chi connectivity index (χ1n) is 6.18. The summed E-state index contributed by atoms with van der Waals surface area (Å²) in [6.07, 6.45) is 2.51. The summed E-state index contributed by atoms with van der Waals surface area (Å²) in [5, 5.41) is 16.9. The molecule has 1 aliphatic rings. The number of aliphatic hydroxyl groups excluding tert-OH is 1. The van der Waals surface area contributed by atoms with Gasteiger partial charge in [0.2, 0.25) is 0 Å². The summed E-state index contributed by atoms with van der Waals surface area (Å²) < 4.78 is 1.86. The van der Waals surface area contributed by atoms with E-state index >= 15 is 0 Å². The Morgan fingerprint density at radius 3 is 2.71 bits per heavy atom. The first kappa shape index (κ1) is 12.5. The number of hydrogen-bond donors (Lipinski definition) is 1. The zero-order valence-electron chi connectivity index (χ0n) is 10.4. The highest BCUT2D eigenvalue weighted by Crippen LogP contribution is 2.00. The molecule has 1 aromatic rings. The number of aliphatic hydroxyl groups is 1. The van der Waals surface area contributed by atoms with Crippen molar-refractivity contribution in [1.82, 2.24) is 24.8 Å². The molecule has 0 atom stereocenters. The first-order chi connectivity index (χ1) is 8.28. The number of piperazine rings is 1. The number of hydrogen-bond acceptors (Lipinski definition) is 5. The lowest BCUT2D eigenvalue weighted by Crippen LogP contribution is -2.45. The SMILES string of the molecule is CN1CCN(CCn2cc(CCO)nn2)CC1. The third-order valence-electron chi connectivity index (χ3n) is 3.20. The molecule has 1 aromatic heterocycles. The van der Waals surface area contributed by atoms with Gasteiger partial charge in [0.1, 0.15) is 0 Å². The van der Waals surface area contributed by atoms with Gasteiger partial charge in [-0.1, -0.05) is 5.21 Å². The Hall–Kier alpha value is -0.980. The molecule has 1 saturated heterocycles. The van der Waals surface area contributed by atoms with Crippen molar-refractivity contribution in [2.45, 2.75) is 13.0 Å². The van der Waals surface area contributed by atoms with Crippen LogP contribution in [-0.4, -0.2) is 76.3 Å². The smallest absolute Gasteiger partial charge is 0.0849 e. The predicted molar refractivity (Wildman–Crippen MR) is 64.7 cm³/mol. The van der Waals surface area contributed by atoms with Crippen molar-refractivity contribution in [3.8, 4) is 0 Å². The number of nitrogens with zero attached hydrogens (tertiary/aromatic N) is 5. The molecule has 6 heteroatoms. The van der Waals surface area contributed by atoms with Gasteiger partial charge in [0.15, 0.2) is 0 Å². The van der Waals surface area contributed by atoms with Gasteiger partial charge in [-0.25, -0.2) is 0 Å². The van der Waals surface area contributed by atoms with E-state index in [2.05, 4.69) is 27.2 Å². The maximum Gasteiger partial charge on any atom is 0.0849 e. The van der Waals surface area contributed by atoms with E-state index in [-0.39, 0.29) is 6.61 Å². The summed E-state index contributed by atoms with van der Waals surface area (Å²) in [5.74, 6) is 0. The van der Waals surface area contributed by atoms with Crippen LogP contribution in [0.2, 0.25) is 0 Å². The van der Waals surface area contributed by atoms with Crippen molar-refractivity contribution < 1.29 is 5.11 Å². The number of rotatable bonds is 5. The van der Waals surface area contributed by atoms with Gasteiger partial charge < -0.3 is 10.0 Å². The van der Waals surface area contributed by atoms with Crippen LogP contribution in [-0.2, 0) is 13.0 Å². The predicted octanol–water partition coefficient (Wildman–Crippen LogP) is -0.940. The van der Waals surface area contributed by atoms with Crippen molar-refractivity contribution in [2.24, 2.45) is 0 Å². The van der Waals surface area contributed by atoms with Gasteiger partial charge in [-0.05, 0) is 7.05 Å². The van der Waals surface area contributed by atoms with E-state index in [1.54, 1.807) is 0 Å². The lowest BCUT2D eigenvalue weighted by Gasteiger charge is -2.32. The minimum absolute atomic E-state index is 0.136. The zero-order valence-corrected chi connectivity index (χ0v) is 10.4. The molecule has 6 nitrogen and oxygen atoms in total. The van der Waals surface area contributed by atoms with Crippen molar-refractivity contribution in [3.63, 3.8) is 0 Å². The Morgan fingerprint density at radius 1 is 1.24 bits per heavy atom. The van der Waals surface area contributed by atoms with Crippen LogP contribution in [0.4, 0.5) is 0 Å². The van der Waals surface area contributed by atoms with Crippen LogP contribution in [0.25, 0.3) is 0 Å². The molecule has 0 amide bonds. The summed E-state index contributed by atoms with van der Waals surface area (Å²) in [6.45, 7) is 6.60. The van der Waals surface area contributed by atoms with Crippen LogP contribution < -0.4 is 0 Å². The van der Waals surface area contributed by atoms with Crippen LogP contribution in [0.1, 0.15) is 5.69 Å². The molecular formula is C11H21N5O. The molecule has 0 radical (unpaired) electrons. The van der Waals surface area contributed by atoms with E-state index in [0.29, 0.717) is 6.42 Å². The second-order valence-corrected chi connectivity index (χ2v) is 4.59. The second kappa shape index (κ2) is 6.09. The topological polar surface area (TPSA) is 57.4 Å². The molecule has 1 N–H and O–H groups in total. The van der Waals surface area contributed by atoms with Crippen molar-refractivity contribution in [1.29, 1.82) is 0 Å². The highest BCUT2D eigenvalue weighted by atomic mass is 16.3. The average molecular weight is 239 g/mol. The Balaban J connectivity index is 1.73. The maximum absolute atomic E-state index is 8.80. The quantitative estimate of drug-likeness (QED) is 0.719. The Bertz CT molecular complexity index is 332. The molecular weight excluding hydrogens is 218 g/mol. The Morgan fingerprint density at radius 2 is 2.00 bits per heavy atom. The molecule has 0 bridgehead atoms. The van der Waals surface area contributed by atoms with Crippen molar-refractivity contribution in [3.05, 3.63) is 11.9 Å². The summed E-state index contributed by atoms with van der Waals surface area (Å²) in [4.78, 5) is 4.80. The minimum Gasteiger partial charge on any atom is -0.396 e. The average Bonchev–Trinajstić information content (AvgIpc) is 2.77. The zero-order chi connectivity index (χ0) is 12.1. The molecule has 1 aliphatic heterocycles. The van der Waals surface area contributed by atoms with E-state index in [9.17, 15) is 0 Å². The standard InChI is InChI=1S/C11H21N5O/c1-14-3-5-15(6-4-14)7-8-16-10-11(2-9-17)12-13-16/h10,17H,2-9H2,1H3. The summed E-state index contributed by atoms with van der Waals surface area (Å²) in [5.41, 5.74) is 0.867. The summed E-state index contributed by atoms with van der Waals surface area (Å²) >= 11 is 0.